The van der Waals surface area contributed by atoms with Crippen molar-refractivity contribution in [1.82, 2.24) is 15.2 Å². The van der Waals surface area contributed by atoms with Gasteiger partial charge in [-0.2, -0.15) is 4.98 Å². The van der Waals surface area contributed by atoms with Gasteiger partial charge in [-0.1, -0.05) is 41.6 Å². The van der Waals surface area contributed by atoms with Gasteiger partial charge < -0.3 is 14.8 Å². The second-order valence-corrected chi connectivity index (χ2v) is 6.41. The Hall–Kier alpha value is -2.38. The van der Waals surface area contributed by atoms with Crippen LogP contribution in [0.2, 0.25) is 5.02 Å². The zero-order chi connectivity index (χ0) is 17.6. The van der Waals surface area contributed by atoms with Gasteiger partial charge in [-0.15, -0.1) is 5.10 Å². The molecule has 3 aromatic rings. The molecule has 1 aromatic heterocycles. The maximum Gasteiger partial charge on any atom is 0.247 e. The second-order valence-electron chi connectivity index (χ2n) is 5.04. The highest BCUT2D eigenvalue weighted by atomic mass is 35.5. The number of ether oxygens (including phenoxy) is 2. The Labute approximate surface area is 154 Å². The molecule has 0 atom stereocenters. The quantitative estimate of drug-likeness (QED) is 0.591. The van der Waals surface area contributed by atoms with Crippen LogP contribution in [0, 0.1) is 0 Å². The fourth-order valence-corrected chi connectivity index (χ4v) is 3.24. The summed E-state index contributed by atoms with van der Waals surface area (Å²) < 4.78 is 10.5. The molecule has 0 unspecified atom stereocenters. The van der Waals surface area contributed by atoms with Crippen LogP contribution in [0.3, 0.4) is 0 Å². The predicted octanol–water partition coefficient (Wildman–Crippen LogP) is 4.51. The molecule has 3 rings (SSSR count). The first-order valence-electron chi connectivity index (χ1n) is 7.47. The first-order valence-corrected chi connectivity index (χ1v) is 8.83. The van der Waals surface area contributed by atoms with E-state index in [2.05, 4.69) is 20.5 Å². The minimum absolute atomic E-state index is 0.463. The number of aromatic amines is 1. The number of hydrogen-bond acceptors (Lipinski definition) is 6. The van der Waals surface area contributed by atoms with E-state index in [-0.39, 0.29) is 0 Å². The topological polar surface area (TPSA) is 72.1 Å². The van der Waals surface area contributed by atoms with Crippen molar-refractivity contribution in [2.24, 2.45) is 0 Å². The Bertz CT molecular complexity index is 856. The second kappa shape index (κ2) is 8.13. The number of rotatable bonds is 7. The van der Waals surface area contributed by atoms with Crippen molar-refractivity contribution in [3.8, 4) is 11.5 Å². The summed E-state index contributed by atoms with van der Waals surface area (Å²) in [6, 6.07) is 13.2. The molecule has 130 valence electrons. The minimum Gasteiger partial charge on any atom is -0.497 e. The zero-order valence-electron chi connectivity index (χ0n) is 13.7. The Morgan fingerprint density at radius 3 is 2.76 bits per heavy atom. The molecule has 2 aromatic carbocycles. The van der Waals surface area contributed by atoms with E-state index < -0.39 is 0 Å². The number of H-pyrrole nitrogens is 1. The molecule has 0 saturated carbocycles. The monoisotopic (exact) mass is 376 g/mol. The number of anilines is 2. The first kappa shape index (κ1) is 17.4. The summed E-state index contributed by atoms with van der Waals surface area (Å²) in [7, 11) is 3.21. The lowest BCUT2D eigenvalue weighted by molar-refractivity contribution is 0.395. The van der Waals surface area contributed by atoms with Crippen LogP contribution >= 0.6 is 23.4 Å². The number of aromatic nitrogens is 3. The van der Waals surface area contributed by atoms with Crippen LogP contribution in [-0.2, 0) is 5.75 Å². The molecule has 0 amide bonds. The Morgan fingerprint density at radius 2 is 2.00 bits per heavy atom. The Morgan fingerprint density at radius 1 is 1.16 bits per heavy atom. The molecule has 0 radical (unpaired) electrons. The van der Waals surface area contributed by atoms with Crippen LogP contribution in [0.5, 0.6) is 11.5 Å². The highest BCUT2D eigenvalue weighted by Gasteiger charge is 2.10. The molecule has 6 nitrogen and oxygen atoms in total. The highest BCUT2D eigenvalue weighted by molar-refractivity contribution is 7.98. The van der Waals surface area contributed by atoms with Gasteiger partial charge in [0.25, 0.3) is 0 Å². The fourth-order valence-electron chi connectivity index (χ4n) is 2.15. The predicted molar refractivity (Wildman–Crippen MR) is 100 cm³/mol. The van der Waals surface area contributed by atoms with Gasteiger partial charge in [-0.3, -0.25) is 5.10 Å². The molecule has 2 N–H and O–H groups in total. The van der Waals surface area contributed by atoms with Crippen molar-refractivity contribution >= 4 is 35.0 Å². The zero-order valence-corrected chi connectivity index (χ0v) is 15.3. The van der Waals surface area contributed by atoms with Crippen molar-refractivity contribution in [3.63, 3.8) is 0 Å². The van der Waals surface area contributed by atoms with E-state index in [1.54, 1.807) is 20.3 Å². The largest absolute Gasteiger partial charge is 0.497 e. The van der Waals surface area contributed by atoms with Gasteiger partial charge in [0.2, 0.25) is 5.95 Å². The van der Waals surface area contributed by atoms with Crippen molar-refractivity contribution < 1.29 is 9.47 Å². The molecule has 0 aliphatic heterocycles. The van der Waals surface area contributed by atoms with E-state index in [9.17, 15) is 0 Å². The minimum atomic E-state index is 0.463. The van der Waals surface area contributed by atoms with Crippen LogP contribution in [0.15, 0.2) is 47.6 Å². The third-order valence-electron chi connectivity index (χ3n) is 3.44. The maximum atomic E-state index is 6.17. The molecule has 0 fully saturated rings. The number of methoxy groups -OCH3 is 2. The highest BCUT2D eigenvalue weighted by Crippen LogP contribution is 2.31. The summed E-state index contributed by atoms with van der Waals surface area (Å²) in [6.07, 6.45) is 0. The van der Waals surface area contributed by atoms with Crippen molar-refractivity contribution in [2.75, 3.05) is 19.5 Å². The van der Waals surface area contributed by atoms with Gasteiger partial charge >= 0.3 is 0 Å². The molecule has 0 aliphatic rings. The smallest absolute Gasteiger partial charge is 0.247 e. The summed E-state index contributed by atoms with van der Waals surface area (Å²) in [6.45, 7) is 0. The number of thioether (sulfide) groups is 1. The molecule has 0 bridgehead atoms. The molecule has 0 spiro atoms. The SMILES string of the molecule is COc1ccc(Nc2n[nH]c(SCc3ccccc3Cl)n2)c(OC)c1. The maximum absolute atomic E-state index is 6.17. The lowest BCUT2D eigenvalue weighted by Crippen LogP contribution is -1.97. The van der Waals surface area contributed by atoms with Crippen molar-refractivity contribution in [2.45, 2.75) is 10.9 Å². The van der Waals surface area contributed by atoms with E-state index in [1.165, 1.54) is 11.8 Å². The van der Waals surface area contributed by atoms with Gasteiger partial charge in [0.05, 0.1) is 19.9 Å². The molecule has 25 heavy (non-hydrogen) atoms. The third kappa shape index (κ3) is 4.37. The number of benzene rings is 2. The van der Waals surface area contributed by atoms with Crippen molar-refractivity contribution in [1.29, 1.82) is 0 Å². The fraction of sp³-hybridized carbons (Fsp3) is 0.176. The third-order valence-corrected chi connectivity index (χ3v) is 4.72. The van der Waals surface area contributed by atoms with Crippen LogP contribution in [0.1, 0.15) is 5.56 Å². The first-order chi connectivity index (χ1) is 12.2. The molecule has 1 heterocycles. The summed E-state index contributed by atoms with van der Waals surface area (Å²) in [5.41, 5.74) is 1.81. The molecule has 8 heteroatoms. The lowest BCUT2D eigenvalue weighted by Gasteiger charge is -2.10. The molecule has 0 aliphatic carbocycles. The van der Waals surface area contributed by atoms with Gasteiger partial charge in [0.15, 0.2) is 5.16 Å². The standard InChI is InChI=1S/C17H17ClN4O2S/c1-23-12-7-8-14(15(9-12)24-2)19-16-20-17(22-21-16)25-10-11-5-3-4-6-13(11)18/h3-9H,10H2,1-2H3,(H2,19,20,21,22). The number of nitrogens with one attached hydrogen (secondary N) is 2. The van der Waals surface area contributed by atoms with Crippen LogP contribution in [0.25, 0.3) is 0 Å². The Kier molecular flexibility index (Phi) is 5.67. The van der Waals surface area contributed by atoms with E-state index in [1.807, 2.05) is 36.4 Å². The summed E-state index contributed by atoms with van der Waals surface area (Å²) in [5.74, 6) is 2.54. The van der Waals surface area contributed by atoms with E-state index >= 15 is 0 Å². The van der Waals surface area contributed by atoms with Crippen LogP contribution in [-0.4, -0.2) is 29.4 Å². The van der Waals surface area contributed by atoms with Crippen LogP contribution in [0.4, 0.5) is 11.6 Å². The average molecular weight is 377 g/mol. The molecular formula is C17H17ClN4O2S. The van der Waals surface area contributed by atoms with E-state index in [0.29, 0.717) is 28.4 Å². The summed E-state index contributed by atoms with van der Waals surface area (Å²) in [5, 5.41) is 11.7. The lowest BCUT2D eigenvalue weighted by atomic mass is 10.2. The number of halogens is 1. The van der Waals surface area contributed by atoms with Gasteiger partial charge in [0, 0.05) is 16.8 Å². The normalized spacial score (nSPS) is 10.5. The van der Waals surface area contributed by atoms with E-state index in [4.69, 9.17) is 21.1 Å². The van der Waals surface area contributed by atoms with Crippen molar-refractivity contribution in [3.05, 3.63) is 53.1 Å². The molecular weight excluding hydrogens is 360 g/mol. The summed E-state index contributed by atoms with van der Waals surface area (Å²) in [4.78, 5) is 4.42. The molecule has 0 saturated heterocycles. The number of hydrogen-bond donors (Lipinski definition) is 2. The van der Waals surface area contributed by atoms with Gasteiger partial charge in [-0.25, -0.2) is 0 Å². The van der Waals surface area contributed by atoms with Gasteiger partial charge in [-0.05, 0) is 23.8 Å². The number of nitrogens with zero attached hydrogens (tertiary/aromatic N) is 2. The van der Waals surface area contributed by atoms with Crippen LogP contribution < -0.4 is 14.8 Å². The van der Waals surface area contributed by atoms with Gasteiger partial charge in [0.1, 0.15) is 11.5 Å². The Balaban J connectivity index is 1.67. The average Bonchev–Trinajstić information content (AvgIpc) is 3.09. The van der Waals surface area contributed by atoms with E-state index in [0.717, 1.165) is 16.3 Å². The summed E-state index contributed by atoms with van der Waals surface area (Å²) >= 11 is 7.70.